The van der Waals surface area contributed by atoms with Gasteiger partial charge >= 0.3 is 11.0 Å². The molecule has 2 aromatic heterocycles. The van der Waals surface area contributed by atoms with E-state index in [-0.39, 0.29) is 36.1 Å². The molecule has 0 atom stereocenters. The number of carbonyl (C=O) groups excluding carboxylic acids is 4. The van der Waals surface area contributed by atoms with Crippen LogP contribution in [-0.2, 0) is 73.2 Å². The molecule has 3 aromatic carbocycles. The van der Waals surface area contributed by atoms with Gasteiger partial charge in [-0.15, -0.1) is 0 Å². The molecule has 4 amide bonds. The predicted octanol–water partition coefficient (Wildman–Crippen LogP) is 4.85. The van der Waals surface area contributed by atoms with Gasteiger partial charge in [0, 0.05) is 80.0 Å². The van der Waals surface area contributed by atoms with Crippen LogP contribution in [-0.4, -0.2) is 120 Å². The number of imide groups is 2. The van der Waals surface area contributed by atoms with E-state index in [0.717, 1.165) is 35.5 Å². The molecule has 0 spiro atoms. The number of alkyl halides is 6. The minimum absolute atomic E-state index is 0.246. The Labute approximate surface area is 467 Å². The van der Waals surface area contributed by atoms with Gasteiger partial charge in [-0.2, -0.15) is 26.3 Å². The van der Waals surface area contributed by atoms with Crippen LogP contribution in [0.5, 0.6) is 0 Å². The van der Waals surface area contributed by atoms with Crippen LogP contribution in [0.3, 0.4) is 0 Å². The lowest BCUT2D eigenvalue weighted by Gasteiger charge is -2.19. The Hall–Kier alpha value is -6.28. The van der Waals surface area contributed by atoms with Crippen molar-refractivity contribution in [2.24, 2.45) is 7.05 Å². The number of carbonyl (C=O) groups is 4. The molecule has 81 heavy (non-hydrogen) atoms. The van der Waals surface area contributed by atoms with Crippen molar-refractivity contribution in [2.75, 3.05) is 25.6 Å². The Bertz CT molecular complexity index is 3730. The summed E-state index contributed by atoms with van der Waals surface area (Å²) >= 11 is 0. The summed E-state index contributed by atoms with van der Waals surface area (Å²) < 4.78 is 161. The van der Waals surface area contributed by atoms with Crippen LogP contribution in [0, 0.1) is 55.4 Å². The van der Waals surface area contributed by atoms with Gasteiger partial charge in [0.05, 0.1) is 62.4 Å². The van der Waals surface area contributed by atoms with Gasteiger partial charge in [0.15, 0.2) is 27.3 Å². The number of amides is 4. The lowest BCUT2D eigenvalue weighted by Crippen LogP contribution is -2.39. The van der Waals surface area contributed by atoms with Crippen LogP contribution < -0.4 is 20.1 Å². The summed E-state index contributed by atoms with van der Waals surface area (Å²) in [5.41, 5.74) is 1.80. The molecule has 2 aliphatic rings. The molecule has 441 valence electrons. The Morgan fingerprint density at radius 1 is 0.519 bits per heavy atom. The molecule has 0 fully saturated rings. The van der Waals surface area contributed by atoms with Gasteiger partial charge in [-0.1, -0.05) is 54.2 Å². The molecular formula is C50H60BF6N8O12S4. The number of aromatic nitrogens is 4. The van der Waals surface area contributed by atoms with Crippen molar-refractivity contribution in [3.05, 3.63) is 136 Å². The summed E-state index contributed by atoms with van der Waals surface area (Å²) in [6.07, 6.45) is 2.80. The average molecular weight is 1220 g/mol. The molecule has 4 heterocycles. The van der Waals surface area contributed by atoms with E-state index in [0.29, 0.717) is 61.3 Å². The van der Waals surface area contributed by atoms with Crippen molar-refractivity contribution >= 4 is 81.9 Å². The van der Waals surface area contributed by atoms with E-state index in [9.17, 15) is 79.2 Å². The van der Waals surface area contributed by atoms with Crippen LogP contribution in [0.1, 0.15) is 118 Å². The summed E-state index contributed by atoms with van der Waals surface area (Å²) in [6.45, 7) is 22.1. The molecule has 0 unspecified atom stereocenters. The van der Waals surface area contributed by atoms with Crippen LogP contribution in [0.2, 0.25) is 0 Å². The van der Waals surface area contributed by atoms with Crippen molar-refractivity contribution in [3.63, 3.8) is 0 Å². The lowest BCUT2D eigenvalue weighted by molar-refractivity contribution is -0.699. The molecule has 0 bridgehead atoms. The first-order valence-corrected chi connectivity index (χ1v) is 31.1. The highest BCUT2D eigenvalue weighted by Crippen LogP contribution is 2.31. The number of halogens is 6. The third-order valence-corrected chi connectivity index (χ3v) is 18.7. The second kappa shape index (κ2) is 24.3. The number of nitrogens with zero attached hydrogens (tertiary/aromatic N) is 8. The maximum atomic E-state index is 13.6. The zero-order valence-corrected chi connectivity index (χ0v) is 49.5. The van der Waals surface area contributed by atoms with Crippen LogP contribution >= 0.6 is 0 Å². The maximum absolute atomic E-state index is 13.6. The van der Waals surface area contributed by atoms with Gasteiger partial charge in [-0.05, 0) is 54.7 Å². The van der Waals surface area contributed by atoms with Crippen molar-refractivity contribution in [1.29, 1.82) is 0 Å². The highest BCUT2D eigenvalue weighted by molar-refractivity contribution is 8.12. The summed E-state index contributed by atoms with van der Waals surface area (Å²) in [6, 6.07) is 15.2. The van der Waals surface area contributed by atoms with Gasteiger partial charge in [-0.25, -0.2) is 51.9 Å². The van der Waals surface area contributed by atoms with E-state index in [1.807, 2.05) is 26.5 Å². The lowest BCUT2D eigenvalue weighted by atomic mass is 9.63. The second-order valence-corrected chi connectivity index (χ2v) is 26.3. The number of hydrogen-bond acceptors (Lipinski definition) is 12. The highest BCUT2D eigenvalue weighted by atomic mass is 32.3. The van der Waals surface area contributed by atoms with Crippen molar-refractivity contribution in [2.45, 2.75) is 112 Å². The fraction of sp³-hybridized carbons (Fsp3) is 0.440. The molecular weight excluding hydrogens is 1160 g/mol. The molecule has 0 aliphatic carbocycles. The number of fused-ring (bicyclic) bond motifs is 2. The normalized spacial score (nSPS) is 14.0. The monoisotopic (exact) mass is 1220 g/mol. The van der Waals surface area contributed by atoms with Crippen LogP contribution in [0.25, 0.3) is 8.25 Å². The van der Waals surface area contributed by atoms with Gasteiger partial charge in [-0.3, -0.25) is 29.0 Å². The third-order valence-electron chi connectivity index (χ3n) is 13.8. The SMILES string of the molecule is CCc1cc(C)c(C[n+]2c(C)c(C)n(CCCN3C(=O)c4ccc([B]c5ccc6c(c5)C(=O)N(CCCn5c(C)c(C)[n+](C)c5C)C6=O)cc4C3=O)c2C)cc1C.CS(=O)(=O)[N-]S(=O)(=O)C(F)(F)F.CS(=O)(=O)[N-]S(=O)(=O)C(F)(F)F. The standard InChI is InChI=1S/C46H54BN6O4.2C2H3F3NO4S2/c1-11-35-22-28(3)36(23-27(35)2)26-53-32(7)31(6)50(34(53)9)19-13-21-52-44(55)40-17-15-38(25-42(40)46(52)57)47-37-14-16-39-41(24-37)45(56)51(43(39)54)20-12-18-49-30(5)29(4)48(10)33(49)8;2*1-11(7,8)6-12(9,10)2(3,4)5/h14-17,22-25H,11-13,18-21,26H2,1-10H3;2*1H3/q+2;2*-1. The number of aryl methyl sites for hydroxylation is 3. The number of rotatable bonds is 17. The van der Waals surface area contributed by atoms with Crippen LogP contribution in [0.15, 0.2) is 48.5 Å². The first-order chi connectivity index (χ1) is 37.0. The van der Waals surface area contributed by atoms with Crippen molar-refractivity contribution in [1.82, 2.24) is 18.9 Å². The summed E-state index contributed by atoms with van der Waals surface area (Å²) in [4.78, 5) is 56.5. The molecule has 7 rings (SSSR count). The van der Waals surface area contributed by atoms with Gasteiger partial charge in [0.2, 0.25) is 0 Å². The van der Waals surface area contributed by atoms with E-state index in [1.54, 1.807) is 32.5 Å². The molecule has 1 radical (unpaired) electrons. The highest BCUT2D eigenvalue weighted by Gasteiger charge is 2.41. The topological polar surface area (TPSA) is 257 Å². The van der Waals surface area contributed by atoms with E-state index in [4.69, 9.17) is 0 Å². The van der Waals surface area contributed by atoms with E-state index in [1.165, 1.54) is 54.8 Å². The van der Waals surface area contributed by atoms with Gasteiger partial charge < -0.3 is 8.25 Å². The van der Waals surface area contributed by atoms with E-state index in [2.05, 4.69) is 92.7 Å². The Morgan fingerprint density at radius 3 is 1.25 bits per heavy atom. The minimum atomic E-state index is -5.92. The third kappa shape index (κ3) is 14.9. The molecule has 5 aromatic rings. The van der Waals surface area contributed by atoms with E-state index >= 15 is 0 Å². The molecule has 2 aliphatic heterocycles. The summed E-state index contributed by atoms with van der Waals surface area (Å²) in [7, 11) is -17.0. The van der Waals surface area contributed by atoms with Gasteiger partial charge in [0.25, 0.3) is 35.3 Å². The first-order valence-electron chi connectivity index (χ1n) is 24.6. The quantitative estimate of drug-likeness (QED) is 0.0524. The molecule has 0 N–H and O–H groups in total. The number of sulfonamides is 4. The zero-order valence-electron chi connectivity index (χ0n) is 46.2. The number of benzene rings is 3. The second-order valence-electron chi connectivity index (χ2n) is 19.4. The zero-order chi connectivity index (χ0) is 61.4. The first kappa shape index (κ1) is 65.5. The Balaban J connectivity index is 0.000000417. The van der Waals surface area contributed by atoms with Crippen LogP contribution in [0.4, 0.5) is 26.3 Å². The molecule has 0 saturated heterocycles. The summed E-state index contributed by atoms with van der Waals surface area (Å²) in [5, 5.41) is 0. The average Bonchev–Trinajstić information content (AvgIpc) is 3.89. The summed E-state index contributed by atoms with van der Waals surface area (Å²) in [5.74, 6) is 1.15. The number of imidazole rings is 2. The Morgan fingerprint density at radius 2 is 0.889 bits per heavy atom. The fourth-order valence-electron chi connectivity index (χ4n) is 9.29. The molecule has 31 heteroatoms. The molecule has 0 saturated carbocycles. The Kier molecular flexibility index (Phi) is 19.6. The largest absolute Gasteiger partial charge is 0.480 e. The maximum Gasteiger partial charge on any atom is 0.480 e. The van der Waals surface area contributed by atoms with E-state index < -0.39 is 51.1 Å². The minimum Gasteiger partial charge on any atom is -0.429 e. The molecule has 20 nitrogen and oxygen atoms in total. The smallest absolute Gasteiger partial charge is 0.429 e. The number of hydrogen-bond donors (Lipinski definition) is 0. The van der Waals surface area contributed by atoms with Crippen molar-refractivity contribution < 1.29 is 88.3 Å². The van der Waals surface area contributed by atoms with Crippen molar-refractivity contribution in [3.8, 4) is 0 Å². The van der Waals surface area contributed by atoms with Gasteiger partial charge in [0.1, 0.15) is 29.3 Å². The predicted molar refractivity (Wildman–Crippen MR) is 287 cm³/mol. The fourth-order valence-corrected chi connectivity index (χ4v) is 12.8.